The van der Waals surface area contributed by atoms with E-state index >= 15 is 0 Å². The fourth-order valence-electron chi connectivity index (χ4n) is 4.14. The Bertz CT molecular complexity index is 464. The zero-order valence-electron chi connectivity index (χ0n) is 11.9. The summed E-state index contributed by atoms with van der Waals surface area (Å²) in [4.78, 5) is 0. The van der Waals surface area contributed by atoms with Crippen LogP contribution in [0.5, 0.6) is 0 Å². The zero-order valence-corrected chi connectivity index (χ0v) is 13.5. The fourth-order valence-corrected chi connectivity index (χ4v) is 4.69. The molecule has 4 unspecified atom stereocenters. The molecule has 6 heteroatoms. The molecule has 20 heavy (non-hydrogen) atoms. The molecule has 0 amide bonds. The van der Waals surface area contributed by atoms with Gasteiger partial charge in [0.05, 0.1) is 35.6 Å². The highest BCUT2D eigenvalue weighted by Gasteiger charge is 2.44. The molecule has 1 heterocycles. The van der Waals surface area contributed by atoms with Crippen molar-refractivity contribution in [3.63, 3.8) is 0 Å². The summed E-state index contributed by atoms with van der Waals surface area (Å²) in [6, 6.07) is 0.180. The van der Waals surface area contributed by atoms with Crippen molar-refractivity contribution in [2.75, 3.05) is 13.7 Å². The van der Waals surface area contributed by atoms with Gasteiger partial charge in [0.1, 0.15) is 0 Å². The van der Waals surface area contributed by atoms with Crippen LogP contribution in [-0.4, -0.2) is 23.5 Å². The van der Waals surface area contributed by atoms with Crippen LogP contribution in [0, 0.1) is 17.8 Å². The maximum absolute atomic E-state index is 5.90. The Morgan fingerprint density at radius 1 is 1.55 bits per heavy atom. The molecule has 2 bridgehead atoms. The third-order valence-electron chi connectivity index (χ3n) is 5.04. The number of hydrogen-bond donors (Lipinski definition) is 2. The number of halogens is 1. The maximum atomic E-state index is 5.90. The Morgan fingerprint density at radius 2 is 2.40 bits per heavy atom. The van der Waals surface area contributed by atoms with Crippen LogP contribution in [0.2, 0.25) is 0 Å². The van der Waals surface area contributed by atoms with E-state index < -0.39 is 0 Å². The Kier molecular flexibility index (Phi) is 4.45. The highest BCUT2D eigenvalue weighted by molar-refractivity contribution is 9.10. The Morgan fingerprint density at radius 3 is 3.00 bits per heavy atom. The van der Waals surface area contributed by atoms with Crippen molar-refractivity contribution in [1.29, 1.82) is 0 Å². The standard InChI is InChI=1S/C14H23BrN4O/c1-20-5-4-19-14(12(15)8-17-19)13(18-16)11-7-9-2-3-10(11)6-9/h8-11,13,18H,2-7,16H2,1H3. The van der Waals surface area contributed by atoms with Gasteiger partial charge >= 0.3 is 0 Å². The van der Waals surface area contributed by atoms with Crippen LogP contribution in [0.4, 0.5) is 0 Å². The van der Waals surface area contributed by atoms with E-state index in [0.29, 0.717) is 12.5 Å². The third-order valence-corrected chi connectivity index (χ3v) is 5.65. The van der Waals surface area contributed by atoms with Gasteiger partial charge in [-0.15, -0.1) is 0 Å². The van der Waals surface area contributed by atoms with Crippen molar-refractivity contribution >= 4 is 15.9 Å². The minimum Gasteiger partial charge on any atom is -0.383 e. The van der Waals surface area contributed by atoms with Crippen LogP contribution in [0.25, 0.3) is 0 Å². The average Bonchev–Trinajstić information content (AvgIpc) is 3.15. The summed E-state index contributed by atoms with van der Waals surface area (Å²) in [5, 5.41) is 4.45. The third kappa shape index (κ3) is 2.54. The molecule has 0 radical (unpaired) electrons. The van der Waals surface area contributed by atoms with Gasteiger partial charge in [-0.2, -0.15) is 5.10 Å². The van der Waals surface area contributed by atoms with E-state index in [2.05, 4.69) is 26.5 Å². The molecule has 2 aliphatic rings. The number of nitrogens with two attached hydrogens (primary N) is 1. The number of hydrogen-bond acceptors (Lipinski definition) is 4. The number of nitrogens with one attached hydrogen (secondary N) is 1. The molecule has 112 valence electrons. The molecule has 5 nitrogen and oxygen atoms in total. The molecule has 2 fully saturated rings. The molecule has 1 aromatic rings. The quantitative estimate of drug-likeness (QED) is 0.614. The van der Waals surface area contributed by atoms with Gasteiger partial charge in [0, 0.05) is 7.11 Å². The minimum atomic E-state index is 0.180. The minimum absolute atomic E-state index is 0.180. The summed E-state index contributed by atoms with van der Waals surface area (Å²) >= 11 is 3.63. The van der Waals surface area contributed by atoms with Crippen LogP contribution in [0.15, 0.2) is 10.7 Å². The van der Waals surface area contributed by atoms with Gasteiger partial charge < -0.3 is 4.74 Å². The van der Waals surface area contributed by atoms with E-state index in [1.54, 1.807) is 7.11 Å². The van der Waals surface area contributed by atoms with Crippen LogP contribution in [0.3, 0.4) is 0 Å². The summed E-state index contributed by atoms with van der Waals surface area (Å²) in [6.07, 6.45) is 7.30. The van der Waals surface area contributed by atoms with Gasteiger partial charge in [-0.1, -0.05) is 6.42 Å². The maximum Gasteiger partial charge on any atom is 0.0713 e. The normalized spacial score (nSPS) is 30.1. The summed E-state index contributed by atoms with van der Waals surface area (Å²) in [5.41, 5.74) is 4.23. The number of fused-ring (bicyclic) bond motifs is 2. The number of nitrogens with zero attached hydrogens (tertiary/aromatic N) is 2. The highest BCUT2D eigenvalue weighted by Crippen LogP contribution is 2.52. The van der Waals surface area contributed by atoms with Crippen molar-refractivity contribution < 1.29 is 4.74 Å². The summed E-state index contributed by atoms with van der Waals surface area (Å²) < 4.78 is 8.23. The van der Waals surface area contributed by atoms with Gasteiger partial charge in [0.25, 0.3) is 0 Å². The molecule has 2 aliphatic carbocycles. The average molecular weight is 343 g/mol. The smallest absolute Gasteiger partial charge is 0.0713 e. The Balaban J connectivity index is 1.83. The van der Waals surface area contributed by atoms with E-state index in [0.717, 1.165) is 22.9 Å². The largest absolute Gasteiger partial charge is 0.383 e. The van der Waals surface area contributed by atoms with Gasteiger partial charge in [-0.05, 0) is 52.9 Å². The van der Waals surface area contributed by atoms with Crippen LogP contribution >= 0.6 is 15.9 Å². The van der Waals surface area contributed by atoms with Crippen molar-refractivity contribution in [3.8, 4) is 0 Å². The first-order valence-corrected chi connectivity index (χ1v) is 8.20. The lowest BCUT2D eigenvalue weighted by molar-refractivity contribution is 0.178. The lowest BCUT2D eigenvalue weighted by atomic mass is 9.82. The van der Waals surface area contributed by atoms with Gasteiger partial charge in [-0.3, -0.25) is 16.0 Å². The predicted octanol–water partition coefficient (Wildman–Crippen LogP) is 2.23. The molecule has 0 saturated heterocycles. The van der Waals surface area contributed by atoms with Crippen molar-refractivity contribution in [2.24, 2.45) is 23.6 Å². The van der Waals surface area contributed by atoms with Gasteiger partial charge in [-0.25, -0.2) is 0 Å². The van der Waals surface area contributed by atoms with Gasteiger partial charge in [0.15, 0.2) is 0 Å². The van der Waals surface area contributed by atoms with E-state index in [-0.39, 0.29) is 6.04 Å². The molecule has 1 aromatic heterocycles. The summed E-state index contributed by atoms with van der Waals surface area (Å²) in [5.74, 6) is 8.26. The Labute approximate surface area is 128 Å². The monoisotopic (exact) mass is 342 g/mol. The second-order valence-corrected chi connectivity index (χ2v) is 6.93. The second kappa shape index (κ2) is 6.13. The first-order chi connectivity index (χ1) is 9.74. The SMILES string of the molecule is COCCn1ncc(Br)c1C(NN)C1CC2CCC1C2. The number of rotatable bonds is 6. The fraction of sp³-hybridized carbons (Fsp3) is 0.786. The van der Waals surface area contributed by atoms with Crippen LogP contribution < -0.4 is 11.3 Å². The Hall–Kier alpha value is -0.430. The van der Waals surface area contributed by atoms with Crippen LogP contribution in [0.1, 0.15) is 37.4 Å². The van der Waals surface area contributed by atoms with E-state index in [9.17, 15) is 0 Å². The molecule has 3 N–H and O–H groups in total. The zero-order chi connectivity index (χ0) is 14.1. The molecular weight excluding hydrogens is 320 g/mol. The molecule has 2 saturated carbocycles. The number of methoxy groups -OCH3 is 1. The number of aromatic nitrogens is 2. The van der Waals surface area contributed by atoms with E-state index in [1.165, 1.54) is 31.4 Å². The van der Waals surface area contributed by atoms with Gasteiger partial charge in [0.2, 0.25) is 0 Å². The topological polar surface area (TPSA) is 65.1 Å². The first-order valence-electron chi connectivity index (χ1n) is 7.40. The molecule has 0 aromatic carbocycles. The predicted molar refractivity (Wildman–Crippen MR) is 80.8 cm³/mol. The van der Waals surface area contributed by atoms with Crippen LogP contribution in [-0.2, 0) is 11.3 Å². The molecule has 0 spiro atoms. The number of hydrazine groups is 1. The molecular formula is C14H23BrN4O. The lowest BCUT2D eigenvalue weighted by Gasteiger charge is -2.30. The second-order valence-electron chi connectivity index (χ2n) is 6.08. The highest BCUT2D eigenvalue weighted by atomic mass is 79.9. The summed E-state index contributed by atoms with van der Waals surface area (Å²) in [7, 11) is 1.72. The molecule has 4 atom stereocenters. The van der Waals surface area contributed by atoms with Crippen molar-refractivity contribution in [3.05, 3.63) is 16.4 Å². The molecule has 3 rings (SSSR count). The molecule has 0 aliphatic heterocycles. The summed E-state index contributed by atoms with van der Waals surface area (Å²) in [6.45, 7) is 1.42. The van der Waals surface area contributed by atoms with Crippen molar-refractivity contribution in [1.82, 2.24) is 15.2 Å². The van der Waals surface area contributed by atoms with E-state index in [1.807, 2.05) is 10.9 Å². The first kappa shape index (κ1) is 14.5. The number of ether oxygens (including phenoxy) is 1. The van der Waals surface area contributed by atoms with Crippen molar-refractivity contribution in [2.45, 2.75) is 38.3 Å². The lowest BCUT2D eigenvalue weighted by Crippen LogP contribution is -2.37. The van der Waals surface area contributed by atoms with E-state index in [4.69, 9.17) is 10.6 Å².